The van der Waals surface area contributed by atoms with Crippen molar-refractivity contribution >= 4 is 29.8 Å². The molecule has 0 heterocycles. The van der Waals surface area contributed by atoms with Gasteiger partial charge in [-0.1, -0.05) is 12.1 Å². The Morgan fingerprint density at radius 3 is 2.21 bits per heavy atom. The molecule has 0 spiro atoms. The Morgan fingerprint density at radius 2 is 1.71 bits per heavy atom. The monoisotopic (exact) mass is 408 g/mol. The fraction of sp³-hybridized carbons (Fsp3) is 0.294. The number of ether oxygens (including phenoxy) is 1. The Balaban J connectivity index is 0. The molecule has 1 aromatic carbocycles. The van der Waals surface area contributed by atoms with Gasteiger partial charge in [-0.15, -0.1) is 0 Å². The summed E-state index contributed by atoms with van der Waals surface area (Å²) in [5.74, 6) is -3.74. The number of hydrogen-bond acceptors (Lipinski definition) is 7. The first-order chi connectivity index (χ1) is 12.3. The minimum absolute atomic E-state index is 0. The summed E-state index contributed by atoms with van der Waals surface area (Å²) in [5.41, 5.74) is 0.740. The summed E-state index contributed by atoms with van der Waals surface area (Å²) in [5, 5.41) is 25.5. The molecular formula is C17H18N2Na2O7. The summed E-state index contributed by atoms with van der Waals surface area (Å²) in [6.07, 6.45) is 1.82. The van der Waals surface area contributed by atoms with Crippen molar-refractivity contribution in [2.75, 3.05) is 13.7 Å². The summed E-state index contributed by atoms with van der Waals surface area (Å²) in [6.45, 7) is -0.471. The maximum atomic E-state index is 11.7. The van der Waals surface area contributed by atoms with Gasteiger partial charge in [0.2, 0.25) is 11.8 Å². The zero-order valence-electron chi connectivity index (χ0n) is 16.0. The van der Waals surface area contributed by atoms with E-state index in [-0.39, 0.29) is 65.5 Å². The second-order valence-corrected chi connectivity index (χ2v) is 5.17. The molecule has 1 aromatic rings. The summed E-state index contributed by atoms with van der Waals surface area (Å²) in [4.78, 5) is 44.5. The minimum Gasteiger partial charge on any atom is -0.550 e. The van der Waals surface area contributed by atoms with E-state index in [2.05, 4.69) is 10.6 Å². The molecule has 0 aliphatic rings. The first kappa shape index (κ1) is 28.8. The van der Waals surface area contributed by atoms with Crippen LogP contribution in [0.5, 0.6) is 5.75 Å². The molecule has 0 aliphatic carbocycles. The number of methoxy groups -OCH3 is 1. The molecule has 0 saturated heterocycles. The van der Waals surface area contributed by atoms with E-state index in [0.717, 1.165) is 5.56 Å². The van der Waals surface area contributed by atoms with Crippen LogP contribution in [-0.2, 0) is 19.2 Å². The van der Waals surface area contributed by atoms with Gasteiger partial charge in [0.1, 0.15) is 5.75 Å². The molecule has 0 unspecified atom stereocenters. The van der Waals surface area contributed by atoms with Crippen molar-refractivity contribution in [3.8, 4) is 5.75 Å². The van der Waals surface area contributed by atoms with E-state index in [9.17, 15) is 29.4 Å². The van der Waals surface area contributed by atoms with Gasteiger partial charge in [-0.2, -0.15) is 0 Å². The van der Waals surface area contributed by atoms with E-state index in [1.807, 2.05) is 0 Å². The van der Waals surface area contributed by atoms with Crippen LogP contribution in [0.25, 0.3) is 6.08 Å². The number of carbonyl (C=O) groups is 4. The van der Waals surface area contributed by atoms with Crippen LogP contribution < -0.4 is 84.7 Å². The Labute approximate surface area is 206 Å². The molecule has 1 atom stereocenters. The first-order valence-corrected chi connectivity index (χ1v) is 7.62. The first-order valence-electron chi connectivity index (χ1n) is 7.62. The van der Waals surface area contributed by atoms with Crippen LogP contribution in [0.2, 0.25) is 0 Å². The van der Waals surface area contributed by atoms with Gasteiger partial charge in [0.15, 0.2) is 0 Å². The fourth-order valence-electron chi connectivity index (χ4n) is 1.87. The number of carbonyl (C=O) groups excluding carboxylic acids is 4. The minimum atomic E-state index is -1.62. The van der Waals surface area contributed by atoms with Crippen molar-refractivity contribution in [1.82, 2.24) is 10.6 Å². The van der Waals surface area contributed by atoms with Crippen LogP contribution in [0.4, 0.5) is 0 Å². The zero-order chi connectivity index (χ0) is 19.5. The number of rotatable bonds is 10. The smallest absolute Gasteiger partial charge is 0.550 e. The zero-order valence-corrected chi connectivity index (χ0v) is 20.0. The standard InChI is InChI=1S/C17H20N2O7.2Na/c1-26-12-5-2-11(3-6-12)4-8-14(20)18-10-15(21)19-13(17(24)25)7-9-16(22)23;;/h2-6,8,13H,7,9-10H2,1H3,(H,18,20)(H,19,21)(H,22,23)(H,24,25);;/q;2*+1/p-2/t13-;;/m0../s1. The number of carboxylic acids is 2. The SMILES string of the molecule is COc1ccc(C=CC(=O)NCC(=O)N[C@@H](CCC(=O)[O-])C(=O)[O-])cc1.[Na+].[Na+]. The van der Waals surface area contributed by atoms with Gasteiger partial charge in [-0.25, -0.2) is 0 Å². The van der Waals surface area contributed by atoms with E-state index in [0.29, 0.717) is 5.75 Å². The van der Waals surface area contributed by atoms with E-state index < -0.39 is 42.8 Å². The fourth-order valence-corrected chi connectivity index (χ4v) is 1.87. The summed E-state index contributed by atoms with van der Waals surface area (Å²) in [7, 11) is 1.53. The third-order valence-electron chi connectivity index (χ3n) is 3.22. The maximum Gasteiger partial charge on any atom is 1.00 e. The maximum absolute atomic E-state index is 11.7. The van der Waals surface area contributed by atoms with Crippen LogP contribution in [0.3, 0.4) is 0 Å². The number of hydrogen-bond donors (Lipinski definition) is 2. The molecule has 9 nitrogen and oxygen atoms in total. The molecule has 1 rings (SSSR count). The topological polar surface area (TPSA) is 148 Å². The molecule has 28 heavy (non-hydrogen) atoms. The van der Waals surface area contributed by atoms with E-state index in [4.69, 9.17) is 4.74 Å². The van der Waals surface area contributed by atoms with Gasteiger partial charge in [0, 0.05) is 12.0 Å². The van der Waals surface area contributed by atoms with Crippen LogP contribution in [0, 0.1) is 0 Å². The van der Waals surface area contributed by atoms with Crippen molar-refractivity contribution in [3.05, 3.63) is 35.9 Å². The summed E-state index contributed by atoms with van der Waals surface area (Å²) >= 11 is 0. The molecule has 0 fully saturated rings. The number of benzene rings is 1. The molecular weight excluding hydrogens is 390 g/mol. The average molecular weight is 408 g/mol. The van der Waals surface area contributed by atoms with Crippen molar-refractivity contribution < 1.29 is 93.2 Å². The second-order valence-electron chi connectivity index (χ2n) is 5.17. The molecule has 11 heteroatoms. The molecule has 0 bridgehead atoms. The molecule has 140 valence electrons. The third-order valence-corrected chi connectivity index (χ3v) is 3.22. The molecule has 0 radical (unpaired) electrons. The Hall–Kier alpha value is -1.36. The molecule has 0 saturated carbocycles. The number of amides is 2. The number of carboxylic acid groups (broad SMARTS) is 2. The van der Waals surface area contributed by atoms with Crippen molar-refractivity contribution in [2.45, 2.75) is 18.9 Å². The van der Waals surface area contributed by atoms with Crippen LogP contribution in [0.15, 0.2) is 30.3 Å². The van der Waals surface area contributed by atoms with Crippen LogP contribution >= 0.6 is 0 Å². The van der Waals surface area contributed by atoms with E-state index in [1.165, 1.54) is 19.3 Å². The molecule has 2 amide bonds. The van der Waals surface area contributed by atoms with Crippen molar-refractivity contribution in [2.24, 2.45) is 0 Å². The number of nitrogens with one attached hydrogen (secondary N) is 2. The molecule has 0 aliphatic heterocycles. The normalized spacial score (nSPS) is 10.8. The van der Waals surface area contributed by atoms with Crippen molar-refractivity contribution in [3.63, 3.8) is 0 Å². The van der Waals surface area contributed by atoms with E-state index >= 15 is 0 Å². The Morgan fingerprint density at radius 1 is 1.11 bits per heavy atom. The van der Waals surface area contributed by atoms with Crippen LogP contribution in [-0.4, -0.2) is 43.4 Å². The summed E-state index contributed by atoms with van der Waals surface area (Å²) in [6, 6.07) is 5.43. The largest absolute Gasteiger partial charge is 1.00 e. The van der Waals surface area contributed by atoms with Gasteiger partial charge in [-0.3, -0.25) is 9.59 Å². The predicted molar refractivity (Wildman–Crippen MR) is 86.2 cm³/mol. The molecule has 0 aromatic heterocycles. The second kappa shape index (κ2) is 15.5. The predicted octanol–water partition coefficient (Wildman–Crippen LogP) is -8.40. The quantitative estimate of drug-likeness (QED) is 0.289. The van der Waals surface area contributed by atoms with Gasteiger partial charge < -0.3 is 35.2 Å². The Bertz CT molecular complexity index is 693. The Kier molecular flexibility index (Phi) is 16.0. The van der Waals surface area contributed by atoms with Gasteiger partial charge >= 0.3 is 59.1 Å². The van der Waals surface area contributed by atoms with Crippen LogP contribution in [0.1, 0.15) is 18.4 Å². The third kappa shape index (κ3) is 12.2. The van der Waals surface area contributed by atoms with Gasteiger partial charge in [-0.05, 0) is 36.6 Å². The van der Waals surface area contributed by atoms with Crippen molar-refractivity contribution in [1.29, 1.82) is 0 Å². The average Bonchev–Trinajstić information content (AvgIpc) is 2.61. The van der Waals surface area contributed by atoms with E-state index in [1.54, 1.807) is 24.3 Å². The number of aliphatic carboxylic acids is 2. The summed E-state index contributed by atoms with van der Waals surface area (Å²) < 4.78 is 5.01. The molecule has 2 N–H and O–H groups in total. The van der Waals surface area contributed by atoms with Gasteiger partial charge in [0.25, 0.3) is 0 Å². The van der Waals surface area contributed by atoms with Gasteiger partial charge in [0.05, 0.1) is 25.7 Å².